The van der Waals surface area contributed by atoms with E-state index in [0.717, 1.165) is 78.0 Å². The first kappa shape index (κ1) is 25.2. The zero-order valence-electron chi connectivity index (χ0n) is 20.6. The summed E-state index contributed by atoms with van der Waals surface area (Å²) in [5.41, 5.74) is 1.91. The minimum absolute atomic E-state index is 0. The standard InChI is InChI=1S/C27H32N4O3S2.H2/c1-20-17-21(34-16-13-30-11-14-33-15-12-30)5-6-23(20)29-26-8-7-24(32)25(36-26)18-22-19-28-27(35-22)31-9-3-2-4-10-31;/h5-8,17-19H,2-4,9-16H2,1H3;1H/b25-18-,29-26?;. The fourth-order valence-electron chi connectivity index (χ4n) is 4.37. The van der Waals surface area contributed by atoms with Crippen LogP contribution in [0.1, 0.15) is 31.1 Å². The molecule has 36 heavy (non-hydrogen) atoms. The maximum absolute atomic E-state index is 12.5. The molecule has 5 rings (SSSR count). The first-order valence-electron chi connectivity index (χ1n) is 12.6. The summed E-state index contributed by atoms with van der Waals surface area (Å²) in [5, 5.41) is 1.84. The van der Waals surface area contributed by atoms with Gasteiger partial charge in [-0.05, 0) is 68.2 Å². The Kier molecular flexibility index (Phi) is 8.53. The quantitative estimate of drug-likeness (QED) is 0.451. The highest BCUT2D eigenvalue weighted by molar-refractivity contribution is 8.18. The Balaban J connectivity index is 0.00000320. The molecule has 7 nitrogen and oxygen atoms in total. The second-order valence-corrected chi connectivity index (χ2v) is 11.2. The maximum atomic E-state index is 12.5. The number of piperidine rings is 1. The van der Waals surface area contributed by atoms with Gasteiger partial charge in [0.15, 0.2) is 10.9 Å². The predicted molar refractivity (Wildman–Crippen MR) is 151 cm³/mol. The number of aryl methyl sites for hydroxylation is 1. The largest absolute Gasteiger partial charge is 0.492 e. The average Bonchev–Trinajstić information content (AvgIpc) is 3.37. The first-order valence-corrected chi connectivity index (χ1v) is 14.2. The van der Waals surface area contributed by atoms with Gasteiger partial charge in [0.1, 0.15) is 17.4 Å². The molecule has 2 aromatic rings. The lowest BCUT2D eigenvalue weighted by molar-refractivity contribution is -0.110. The van der Waals surface area contributed by atoms with E-state index in [1.807, 2.05) is 37.4 Å². The van der Waals surface area contributed by atoms with E-state index in [4.69, 9.17) is 14.5 Å². The summed E-state index contributed by atoms with van der Waals surface area (Å²) in [7, 11) is 0. The normalized spacial score (nSPS) is 21.5. The van der Waals surface area contributed by atoms with Crippen molar-refractivity contribution in [2.24, 2.45) is 4.99 Å². The smallest absolute Gasteiger partial charge is 0.192 e. The SMILES string of the molecule is Cc1cc(OCCN2CCOCC2)ccc1N=C1C=CC(=O)/C(=C/c2cnc(N3CCCCC3)s2)S1.[HH]. The number of hydrogen-bond acceptors (Lipinski definition) is 9. The van der Waals surface area contributed by atoms with Gasteiger partial charge in [0, 0.05) is 40.3 Å². The molecule has 2 saturated heterocycles. The number of hydrogen-bond donors (Lipinski definition) is 0. The van der Waals surface area contributed by atoms with E-state index >= 15 is 0 Å². The van der Waals surface area contributed by atoms with Gasteiger partial charge in [-0.2, -0.15) is 0 Å². The Morgan fingerprint density at radius 2 is 2.00 bits per heavy atom. The highest BCUT2D eigenvalue weighted by atomic mass is 32.2. The zero-order chi connectivity index (χ0) is 24.7. The average molecular weight is 527 g/mol. The molecule has 0 unspecified atom stereocenters. The number of thioether (sulfide) groups is 1. The molecular weight excluding hydrogens is 492 g/mol. The number of ketones is 1. The number of allylic oxidation sites excluding steroid dienone is 2. The topological polar surface area (TPSA) is 67.3 Å². The molecule has 1 aromatic heterocycles. The summed E-state index contributed by atoms with van der Waals surface area (Å²) in [6.07, 6.45) is 10.9. The monoisotopic (exact) mass is 526 g/mol. The molecule has 0 spiro atoms. The maximum Gasteiger partial charge on any atom is 0.192 e. The molecule has 0 bridgehead atoms. The summed E-state index contributed by atoms with van der Waals surface area (Å²) in [6.45, 7) is 9.24. The molecule has 0 radical (unpaired) electrons. The number of benzene rings is 1. The van der Waals surface area contributed by atoms with Crippen molar-refractivity contribution in [2.75, 3.05) is 57.4 Å². The number of thiazole rings is 1. The molecule has 0 saturated carbocycles. The molecule has 3 aliphatic heterocycles. The summed E-state index contributed by atoms with van der Waals surface area (Å²) in [5.74, 6) is 0.856. The van der Waals surface area contributed by atoms with E-state index < -0.39 is 0 Å². The van der Waals surface area contributed by atoms with Crippen LogP contribution in [0, 0.1) is 6.92 Å². The summed E-state index contributed by atoms with van der Waals surface area (Å²) in [4.78, 5) is 28.3. The Bertz CT molecular complexity index is 1170. The first-order chi connectivity index (χ1) is 17.6. The van der Waals surface area contributed by atoms with Crippen LogP contribution in [-0.4, -0.2) is 73.3 Å². The fraction of sp³-hybridized carbons (Fsp3) is 0.444. The molecule has 9 heteroatoms. The molecule has 3 aliphatic rings. The number of morpholine rings is 1. The van der Waals surface area contributed by atoms with Gasteiger partial charge in [0.25, 0.3) is 0 Å². The number of aliphatic imine (C=N–C) groups is 1. The lowest BCUT2D eigenvalue weighted by Crippen LogP contribution is -2.38. The zero-order valence-corrected chi connectivity index (χ0v) is 22.3. The minimum Gasteiger partial charge on any atom is -0.492 e. The highest BCUT2D eigenvalue weighted by Gasteiger charge is 2.18. The summed E-state index contributed by atoms with van der Waals surface area (Å²) < 4.78 is 11.4. The van der Waals surface area contributed by atoms with Crippen LogP contribution < -0.4 is 9.64 Å². The molecule has 1 aromatic carbocycles. The number of aromatic nitrogens is 1. The number of carbonyl (C=O) groups is 1. The Hall–Kier alpha value is -2.46. The molecule has 0 N–H and O–H groups in total. The molecule has 4 heterocycles. The van der Waals surface area contributed by atoms with Crippen LogP contribution in [-0.2, 0) is 9.53 Å². The third-order valence-corrected chi connectivity index (χ3v) is 8.41. The van der Waals surface area contributed by atoms with Gasteiger partial charge in [-0.3, -0.25) is 9.69 Å². The van der Waals surface area contributed by atoms with Crippen molar-refractivity contribution in [3.05, 3.63) is 51.9 Å². The number of rotatable bonds is 7. The van der Waals surface area contributed by atoms with Crippen LogP contribution in [0.4, 0.5) is 10.8 Å². The van der Waals surface area contributed by atoms with Gasteiger partial charge in [0.2, 0.25) is 0 Å². The molecule has 0 atom stereocenters. The molecule has 0 amide bonds. The van der Waals surface area contributed by atoms with E-state index in [9.17, 15) is 4.79 Å². The van der Waals surface area contributed by atoms with Crippen molar-refractivity contribution in [3.8, 4) is 5.75 Å². The Labute approximate surface area is 222 Å². The summed E-state index contributed by atoms with van der Waals surface area (Å²) >= 11 is 3.06. The lowest BCUT2D eigenvalue weighted by atomic mass is 10.1. The van der Waals surface area contributed by atoms with Crippen molar-refractivity contribution >= 4 is 50.8 Å². The van der Waals surface area contributed by atoms with Crippen LogP contribution in [0.3, 0.4) is 0 Å². The van der Waals surface area contributed by atoms with Crippen LogP contribution in [0.25, 0.3) is 6.08 Å². The van der Waals surface area contributed by atoms with E-state index in [-0.39, 0.29) is 7.21 Å². The Morgan fingerprint density at radius 1 is 1.17 bits per heavy atom. The van der Waals surface area contributed by atoms with Crippen LogP contribution in [0.15, 0.2) is 46.4 Å². The van der Waals surface area contributed by atoms with Gasteiger partial charge in [-0.15, -0.1) is 0 Å². The predicted octanol–water partition coefficient (Wildman–Crippen LogP) is 5.34. The third-order valence-electron chi connectivity index (χ3n) is 6.42. The van der Waals surface area contributed by atoms with Gasteiger partial charge < -0.3 is 14.4 Å². The minimum atomic E-state index is 0. The van der Waals surface area contributed by atoms with Gasteiger partial charge >= 0.3 is 0 Å². The van der Waals surface area contributed by atoms with Gasteiger partial charge in [0.05, 0.1) is 28.7 Å². The molecule has 2 fully saturated rings. The van der Waals surface area contributed by atoms with Gasteiger partial charge in [-0.25, -0.2) is 9.98 Å². The fourth-order valence-corrected chi connectivity index (χ4v) is 6.21. The second-order valence-electron chi connectivity index (χ2n) is 9.10. The van der Waals surface area contributed by atoms with Crippen molar-refractivity contribution in [3.63, 3.8) is 0 Å². The number of nitrogens with zero attached hydrogens (tertiary/aromatic N) is 4. The van der Waals surface area contributed by atoms with E-state index in [0.29, 0.717) is 11.5 Å². The number of anilines is 1. The van der Waals surface area contributed by atoms with Crippen molar-refractivity contribution in [1.82, 2.24) is 9.88 Å². The van der Waals surface area contributed by atoms with Crippen LogP contribution in [0.5, 0.6) is 5.75 Å². The number of carbonyl (C=O) groups excluding carboxylic acids is 1. The number of ether oxygens (including phenoxy) is 2. The van der Waals surface area contributed by atoms with E-state index in [1.54, 1.807) is 23.5 Å². The molecule has 192 valence electrons. The third kappa shape index (κ3) is 6.64. The Morgan fingerprint density at radius 3 is 2.81 bits per heavy atom. The van der Waals surface area contributed by atoms with Gasteiger partial charge in [-0.1, -0.05) is 23.1 Å². The van der Waals surface area contributed by atoms with E-state index in [2.05, 4.69) is 14.8 Å². The highest BCUT2D eigenvalue weighted by Crippen LogP contribution is 2.33. The molecular formula is C27H34N4O3S2. The van der Waals surface area contributed by atoms with Crippen LogP contribution in [0.2, 0.25) is 0 Å². The second kappa shape index (κ2) is 12.2. The van der Waals surface area contributed by atoms with Crippen molar-refractivity contribution in [2.45, 2.75) is 26.2 Å². The van der Waals surface area contributed by atoms with Crippen molar-refractivity contribution in [1.29, 1.82) is 0 Å². The van der Waals surface area contributed by atoms with Crippen LogP contribution >= 0.6 is 23.1 Å². The van der Waals surface area contributed by atoms with Crippen molar-refractivity contribution < 1.29 is 15.7 Å². The summed E-state index contributed by atoms with van der Waals surface area (Å²) in [6, 6.07) is 5.97. The molecule has 0 aliphatic carbocycles. The lowest BCUT2D eigenvalue weighted by Gasteiger charge is -2.26. The van der Waals surface area contributed by atoms with E-state index in [1.165, 1.54) is 31.0 Å².